The minimum atomic E-state index is -1.35. The molecule has 2 heterocycles. The number of hydrogen-bond acceptors (Lipinski definition) is 10. The SMILES string of the molecule is CC(=O)ON=C(C(=O)O)c1csc(N)n1.Sc1nc2ccccc2s1. The Hall–Kier alpha value is -2.50. The van der Waals surface area contributed by atoms with Crippen LogP contribution in [0.4, 0.5) is 5.13 Å². The maximum Gasteiger partial charge on any atom is 0.360 e. The van der Waals surface area contributed by atoms with Crippen LogP contribution in [0.1, 0.15) is 12.6 Å². The highest BCUT2D eigenvalue weighted by Gasteiger charge is 2.17. The summed E-state index contributed by atoms with van der Waals surface area (Å²) >= 11 is 6.82. The summed E-state index contributed by atoms with van der Waals surface area (Å²) in [5, 5.41) is 13.5. The third kappa shape index (κ3) is 5.52. The first-order valence-corrected chi connectivity index (χ1v) is 8.76. The van der Waals surface area contributed by atoms with Crippen LogP contribution in [0.2, 0.25) is 0 Å². The fourth-order valence-electron chi connectivity index (χ4n) is 1.56. The number of nitrogens with two attached hydrogens (primary N) is 1. The number of fused-ring (bicyclic) bond motifs is 1. The van der Waals surface area contributed by atoms with Crippen molar-refractivity contribution in [2.24, 2.45) is 5.16 Å². The number of thiol groups is 1. The van der Waals surface area contributed by atoms with Gasteiger partial charge in [-0.15, -0.1) is 35.3 Å². The summed E-state index contributed by atoms with van der Waals surface area (Å²) in [5.74, 6) is -2.06. The molecule has 0 atom stereocenters. The molecule has 0 fully saturated rings. The lowest BCUT2D eigenvalue weighted by Gasteiger charge is -1.95. The molecule has 0 saturated carbocycles. The van der Waals surface area contributed by atoms with Crippen molar-refractivity contribution in [2.75, 3.05) is 5.73 Å². The van der Waals surface area contributed by atoms with E-state index in [4.69, 9.17) is 10.8 Å². The van der Waals surface area contributed by atoms with Crippen LogP contribution in [0.3, 0.4) is 0 Å². The number of aliphatic carboxylic acids is 1. The Bertz CT molecular complexity index is 902. The van der Waals surface area contributed by atoms with Crippen LogP contribution >= 0.6 is 35.3 Å². The van der Waals surface area contributed by atoms with Crippen LogP contribution in [0.5, 0.6) is 0 Å². The number of hydrogen-bond donors (Lipinski definition) is 3. The molecule has 0 radical (unpaired) electrons. The number of para-hydroxylation sites is 1. The summed E-state index contributed by atoms with van der Waals surface area (Å²) < 4.78 is 2.04. The van der Waals surface area contributed by atoms with Crippen LogP contribution in [0.15, 0.2) is 39.1 Å². The van der Waals surface area contributed by atoms with Crippen molar-refractivity contribution in [3.63, 3.8) is 0 Å². The van der Waals surface area contributed by atoms with Gasteiger partial charge in [-0.1, -0.05) is 17.3 Å². The normalized spacial score (nSPS) is 10.9. The van der Waals surface area contributed by atoms with Crippen molar-refractivity contribution in [3.8, 4) is 0 Å². The van der Waals surface area contributed by atoms with E-state index in [1.54, 1.807) is 11.3 Å². The summed E-state index contributed by atoms with van der Waals surface area (Å²) in [6.07, 6.45) is 0. The Morgan fingerprint density at radius 1 is 1.32 bits per heavy atom. The smallest absolute Gasteiger partial charge is 0.360 e. The largest absolute Gasteiger partial charge is 0.476 e. The number of nitrogen functional groups attached to an aromatic ring is 1. The summed E-state index contributed by atoms with van der Waals surface area (Å²) in [7, 11) is 0. The highest BCUT2D eigenvalue weighted by Crippen LogP contribution is 2.23. The fraction of sp³-hybridized carbons (Fsp3) is 0.0714. The first-order chi connectivity index (χ1) is 11.9. The molecule has 3 rings (SSSR count). The van der Waals surface area contributed by atoms with E-state index in [1.807, 2.05) is 24.3 Å². The highest BCUT2D eigenvalue weighted by atomic mass is 32.2. The molecule has 130 valence electrons. The Kier molecular flexibility index (Phi) is 6.44. The monoisotopic (exact) mass is 396 g/mol. The molecule has 0 amide bonds. The molecule has 3 N–H and O–H groups in total. The number of oxime groups is 1. The van der Waals surface area contributed by atoms with Gasteiger partial charge in [0.25, 0.3) is 0 Å². The number of anilines is 1. The number of aromatic nitrogens is 2. The van der Waals surface area contributed by atoms with E-state index in [0.717, 1.165) is 28.1 Å². The number of nitrogens with zero attached hydrogens (tertiary/aromatic N) is 3. The van der Waals surface area contributed by atoms with Gasteiger partial charge in [0.2, 0.25) is 5.71 Å². The number of carboxylic acids is 1. The Morgan fingerprint density at radius 3 is 2.60 bits per heavy atom. The average Bonchev–Trinajstić information content (AvgIpc) is 3.12. The Labute approximate surface area is 155 Å². The predicted molar refractivity (Wildman–Crippen MR) is 99.3 cm³/mol. The van der Waals surface area contributed by atoms with Crippen molar-refractivity contribution in [3.05, 3.63) is 35.3 Å². The van der Waals surface area contributed by atoms with Crippen molar-refractivity contribution < 1.29 is 19.5 Å². The van der Waals surface area contributed by atoms with E-state index in [1.165, 1.54) is 10.1 Å². The molecular weight excluding hydrogens is 384 g/mol. The van der Waals surface area contributed by atoms with E-state index in [-0.39, 0.29) is 10.8 Å². The zero-order chi connectivity index (χ0) is 18.4. The van der Waals surface area contributed by atoms with E-state index >= 15 is 0 Å². The van der Waals surface area contributed by atoms with Crippen LogP contribution in [-0.4, -0.2) is 32.7 Å². The number of benzene rings is 1. The molecule has 0 unspecified atom stereocenters. The number of rotatable bonds is 3. The molecule has 8 nitrogen and oxygen atoms in total. The lowest BCUT2D eigenvalue weighted by molar-refractivity contribution is -0.141. The molecule has 2 aromatic heterocycles. The van der Waals surface area contributed by atoms with Gasteiger partial charge in [-0.2, -0.15) is 0 Å². The molecular formula is C14H12N4O4S3. The van der Waals surface area contributed by atoms with Gasteiger partial charge in [-0.25, -0.2) is 19.6 Å². The first-order valence-electron chi connectivity index (χ1n) is 6.61. The van der Waals surface area contributed by atoms with Crippen LogP contribution in [-0.2, 0) is 14.4 Å². The molecule has 1 aromatic carbocycles. The zero-order valence-electron chi connectivity index (χ0n) is 12.7. The maximum absolute atomic E-state index is 10.7. The molecule has 0 bridgehead atoms. The molecule has 0 saturated heterocycles. The summed E-state index contributed by atoms with van der Waals surface area (Å²) in [5.41, 5.74) is 5.96. The van der Waals surface area contributed by atoms with Gasteiger partial charge in [0, 0.05) is 12.3 Å². The van der Waals surface area contributed by atoms with Crippen LogP contribution < -0.4 is 5.73 Å². The topological polar surface area (TPSA) is 128 Å². The van der Waals surface area contributed by atoms with Gasteiger partial charge < -0.3 is 15.7 Å². The maximum atomic E-state index is 10.7. The first kappa shape index (κ1) is 18.8. The third-order valence-corrected chi connectivity index (χ3v) is 4.40. The van der Waals surface area contributed by atoms with Gasteiger partial charge in [0.15, 0.2) is 5.13 Å². The van der Waals surface area contributed by atoms with Crippen molar-refractivity contribution in [2.45, 2.75) is 11.3 Å². The number of thiazole rings is 2. The molecule has 0 spiro atoms. The molecule has 25 heavy (non-hydrogen) atoms. The Balaban J connectivity index is 0.000000194. The highest BCUT2D eigenvalue weighted by molar-refractivity contribution is 7.82. The average molecular weight is 396 g/mol. The van der Waals surface area contributed by atoms with E-state index < -0.39 is 17.7 Å². The molecule has 3 aromatic rings. The molecule has 0 aliphatic carbocycles. The summed E-state index contributed by atoms with van der Waals surface area (Å²) in [4.78, 5) is 33.3. The minimum Gasteiger partial charge on any atom is -0.476 e. The van der Waals surface area contributed by atoms with Crippen LogP contribution in [0, 0.1) is 0 Å². The van der Waals surface area contributed by atoms with E-state index in [2.05, 4.69) is 32.6 Å². The number of carboxylic acid groups (broad SMARTS) is 1. The standard InChI is InChI=1S/C7H7N3O4S.C7H5NS2/c1-3(11)14-10-5(6(12)13)4-2-15-7(8)9-4;9-7-8-5-3-1-2-4-6(5)10-7/h2H,1H3,(H2,8,9)(H,12,13);1-4H,(H,8,9). The lowest BCUT2D eigenvalue weighted by atomic mass is 10.3. The second-order valence-electron chi connectivity index (χ2n) is 4.36. The number of carbonyl (C=O) groups is 2. The summed E-state index contributed by atoms with van der Waals surface area (Å²) in [6, 6.07) is 8.03. The Morgan fingerprint density at radius 2 is 2.04 bits per heavy atom. The van der Waals surface area contributed by atoms with Crippen molar-refractivity contribution in [1.29, 1.82) is 0 Å². The number of carbonyl (C=O) groups excluding carboxylic acids is 1. The molecule has 0 aliphatic rings. The minimum absolute atomic E-state index is 0.0613. The van der Waals surface area contributed by atoms with Gasteiger partial charge in [0.05, 0.1) is 10.2 Å². The van der Waals surface area contributed by atoms with Crippen molar-refractivity contribution >= 4 is 68.3 Å². The van der Waals surface area contributed by atoms with Gasteiger partial charge in [-0.05, 0) is 12.1 Å². The van der Waals surface area contributed by atoms with E-state index in [9.17, 15) is 9.59 Å². The van der Waals surface area contributed by atoms with Crippen molar-refractivity contribution in [1.82, 2.24) is 9.97 Å². The second-order valence-corrected chi connectivity index (χ2v) is 7.01. The van der Waals surface area contributed by atoms with Gasteiger partial charge >= 0.3 is 11.9 Å². The quantitative estimate of drug-likeness (QED) is 0.269. The van der Waals surface area contributed by atoms with E-state index in [0.29, 0.717) is 0 Å². The lowest BCUT2D eigenvalue weighted by Crippen LogP contribution is -2.16. The van der Waals surface area contributed by atoms with Gasteiger partial charge in [-0.3, -0.25) is 0 Å². The molecule has 0 aliphatic heterocycles. The molecule has 11 heteroatoms. The third-order valence-electron chi connectivity index (χ3n) is 2.52. The second kappa shape index (κ2) is 8.55. The summed E-state index contributed by atoms with van der Waals surface area (Å²) in [6.45, 7) is 1.11. The fourth-order valence-corrected chi connectivity index (χ4v) is 3.22. The van der Waals surface area contributed by atoms with Gasteiger partial charge in [0.1, 0.15) is 10.0 Å². The predicted octanol–water partition coefficient (Wildman–Crippen LogP) is 2.66. The zero-order valence-corrected chi connectivity index (χ0v) is 15.3. The van der Waals surface area contributed by atoms with Crippen LogP contribution in [0.25, 0.3) is 10.2 Å².